The molecule has 2 rings (SSSR count). The number of rotatable bonds is 6. The van der Waals surface area contributed by atoms with Crippen LogP contribution in [0.4, 0.5) is 10.1 Å². The largest absolute Gasteiger partial charge is 0.462 e. The molecule has 1 unspecified atom stereocenters. The van der Waals surface area contributed by atoms with Crippen molar-refractivity contribution in [3.63, 3.8) is 0 Å². The first-order valence-corrected chi connectivity index (χ1v) is 8.36. The average molecular weight is 350 g/mol. The lowest BCUT2D eigenvalue weighted by Gasteiger charge is -2.36. The average Bonchev–Trinajstić information content (AvgIpc) is 2.57. The third-order valence-electron chi connectivity index (χ3n) is 3.91. The number of aryl methyl sites for hydroxylation is 1. The van der Waals surface area contributed by atoms with Gasteiger partial charge in [0.25, 0.3) is 0 Å². The molecule has 6 nitrogen and oxygen atoms in total. The van der Waals surface area contributed by atoms with Crippen LogP contribution in [0.2, 0.25) is 0 Å². The SMILES string of the molecule is CCOC(=O)C(=CNN1c2ccc(F)cc2CCC1C)C(=O)OCC. The Morgan fingerprint density at radius 2 is 1.92 bits per heavy atom. The number of nitrogens with zero attached hydrogens (tertiary/aromatic N) is 1. The molecule has 0 saturated carbocycles. The van der Waals surface area contributed by atoms with E-state index in [1.54, 1.807) is 24.9 Å². The van der Waals surface area contributed by atoms with Crippen LogP contribution < -0.4 is 10.4 Å². The second kappa shape index (κ2) is 8.50. The molecule has 0 radical (unpaired) electrons. The van der Waals surface area contributed by atoms with Crippen LogP contribution in [0.3, 0.4) is 0 Å². The molecule has 1 aliphatic heterocycles. The maximum Gasteiger partial charge on any atom is 0.347 e. The van der Waals surface area contributed by atoms with Gasteiger partial charge in [0.05, 0.1) is 18.9 Å². The van der Waals surface area contributed by atoms with Crippen molar-refractivity contribution in [1.82, 2.24) is 5.43 Å². The number of hydrazine groups is 1. The topological polar surface area (TPSA) is 67.9 Å². The van der Waals surface area contributed by atoms with E-state index in [1.165, 1.54) is 18.3 Å². The summed E-state index contributed by atoms with van der Waals surface area (Å²) in [4.78, 5) is 24.0. The van der Waals surface area contributed by atoms with Crippen LogP contribution >= 0.6 is 0 Å². The number of carbonyl (C=O) groups is 2. The Labute approximate surface area is 146 Å². The highest BCUT2D eigenvalue weighted by atomic mass is 19.1. The van der Waals surface area contributed by atoms with Crippen molar-refractivity contribution in [3.05, 3.63) is 41.4 Å². The summed E-state index contributed by atoms with van der Waals surface area (Å²) in [6.07, 6.45) is 2.86. The van der Waals surface area contributed by atoms with Crippen molar-refractivity contribution in [2.45, 2.75) is 39.7 Å². The molecule has 1 heterocycles. The van der Waals surface area contributed by atoms with Crippen molar-refractivity contribution in [2.75, 3.05) is 18.2 Å². The first-order valence-electron chi connectivity index (χ1n) is 8.36. The highest BCUT2D eigenvalue weighted by Crippen LogP contribution is 2.29. The molecule has 7 heteroatoms. The number of esters is 2. The lowest BCUT2D eigenvalue weighted by molar-refractivity contribution is -0.146. The van der Waals surface area contributed by atoms with Gasteiger partial charge < -0.3 is 14.9 Å². The third-order valence-corrected chi connectivity index (χ3v) is 3.91. The highest BCUT2D eigenvalue weighted by molar-refractivity contribution is 6.13. The number of halogens is 1. The Kier molecular flexibility index (Phi) is 6.38. The van der Waals surface area contributed by atoms with E-state index in [0.29, 0.717) is 0 Å². The third kappa shape index (κ3) is 4.49. The van der Waals surface area contributed by atoms with E-state index in [0.717, 1.165) is 24.1 Å². The zero-order valence-corrected chi connectivity index (χ0v) is 14.7. The van der Waals surface area contributed by atoms with Gasteiger partial charge in [-0.2, -0.15) is 0 Å². The normalized spacial score (nSPS) is 15.8. The lowest BCUT2D eigenvalue weighted by atomic mass is 9.98. The minimum absolute atomic E-state index is 0.0971. The zero-order chi connectivity index (χ0) is 18.4. The molecule has 1 aliphatic rings. The van der Waals surface area contributed by atoms with Gasteiger partial charge in [0.1, 0.15) is 5.82 Å². The lowest BCUT2D eigenvalue weighted by Crippen LogP contribution is -2.45. The zero-order valence-electron chi connectivity index (χ0n) is 14.7. The van der Waals surface area contributed by atoms with Crippen LogP contribution in [0, 0.1) is 5.82 Å². The number of benzene rings is 1. The van der Waals surface area contributed by atoms with Crippen LogP contribution in [-0.4, -0.2) is 31.2 Å². The molecule has 0 aromatic heterocycles. The summed E-state index contributed by atoms with van der Waals surface area (Å²) in [6.45, 7) is 5.62. The summed E-state index contributed by atoms with van der Waals surface area (Å²) in [7, 11) is 0. The van der Waals surface area contributed by atoms with E-state index < -0.39 is 11.9 Å². The van der Waals surface area contributed by atoms with Gasteiger partial charge in [-0.1, -0.05) is 0 Å². The monoisotopic (exact) mass is 350 g/mol. The predicted molar refractivity (Wildman–Crippen MR) is 91.1 cm³/mol. The summed E-state index contributed by atoms with van der Waals surface area (Å²) in [5.74, 6) is -1.79. The van der Waals surface area contributed by atoms with Gasteiger partial charge in [-0.05, 0) is 57.4 Å². The molecular formula is C18H23FN2O4. The highest BCUT2D eigenvalue weighted by Gasteiger charge is 2.25. The quantitative estimate of drug-likeness (QED) is 0.368. The predicted octanol–water partition coefficient (Wildman–Crippen LogP) is 2.48. The number of fused-ring (bicyclic) bond motifs is 1. The molecule has 1 atom stereocenters. The molecule has 0 aliphatic carbocycles. The number of hydrogen-bond donors (Lipinski definition) is 1. The molecule has 0 amide bonds. The van der Waals surface area contributed by atoms with Crippen molar-refractivity contribution in [2.24, 2.45) is 0 Å². The van der Waals surface area contributed by atoms with Crippen molar-refractivity contribution in [3.8, 4) is 0 Å². The second-order valence-corrected chi connectivity index (χ2v) is 5.66. The molecule has 25 heavy (non-hydrogen) atoms. The number of hydrogen-bond acceptors (Lipinski definition) is 6. The van der Waals surface area contributed by atoms with Crippen molar-refractivity contribution >= 4 is 17.6 Å². The molecule has 0 fully saturated rings. The molecule has 1 aromatic rings. The fraction of sp³-hybridized carbons (Fsp3) is 0.444. The Morgan fingerprint density at radius 3 is 2.52 bits per heavy atom. The summed E-state index contributed by atoms with van der Waals surface area (Å²) in [6, 6.07) is 4.65. The van der Waals surface area contributed by atoms with Crippen molar-refractivity contribution in [1.29, 1.82) is 0 Å². The van der Waals surface area contributed by atoms with Gasteiger partial charge in [-0.3, -0.25) is 5.01 Å². The smallest absolute Gasteiger partial charge is 0.347 e. The fourth-order valence-corrected chi connectivity index (χ4v) is 2.67. The van der Waals surface area contributed by atoms with Crippen LogP contribution in [0.1, 0.15) is 32.8 Å². The minimum Gasteiger partial charge on any atom is -0.462 e. The number of nitrogens with one attached hydrogen (secondary N) is 1. The van der Waals surface area contributed by atoms with Gasteiger partial charge >= 0.3 is 11.9 Å². The van der Waals surface area contributed by atoms with E-state index in [9.17, 15) is 14.0 Å². The van der Waals surface area contributed by atoms with E-state index >= 15 is 0 Å². The summed E-state index contributed by atoms with van der Waals surface area (Å²) in [5, 5.41) is 1.80. The van der Waals surface area contributed by atoms with Crippen LogP contribution in [-0.2, 0) is 25.5 Å². The molecular weight excluding hydrogens is 327 g/mol. The maximum absolute atomic E-state index is 13.4. The first kappa shape index (κ1) is 18.8. The van der Waals surface area contributed by atoms with Gasteiger partial charge in [0.2, 0.25) is 0 Å². The second-order valence-electron chi connectivity index (χ2n) is 5.66. The van der Waals surface area contributed by atoms with Gasteiger partial charge in [-0.15, -0.1) is 0 Å². The Bertz CT molecular complexity index is 655. The maximum atomic E-state index is 13.4. The first-order chi connectivity index (χ1) is 12.0. The molecule has 1 N–H and O–H groups in total. The van der Waals surface area contributed by atoms with E-state index in [1.807, 2.05) is 6.92 Å². The molecule has 0 spiro atoms. The standard InChI is InChI=1S/C18H23FN2O4/c1-4-24-17(22)15(18(23)25-5-2)11-20-21-12(3)6-7-13-10-14(19)8-9-16(13)21/h8-12,20H,4-7H2,1-3H3. The minimum atomic E-state index is -0.752. The number of anilines is 1. The van der Waals surface area contributed by atoms with E-state index in [4.69, 9.17) is 9.47 Å². The van der Waals surface area contributed by atoms with Gasteiger partial charge in [-0.25, -0.2) is 14.0 Å². The molecule has 0 bridgehead atoms. The Morgan fingerprint density at radius 1 is 1.28 bits per heavy atom. The number of ether oxygens (including phenoxy) is 2. The molecule has 1 aromatic carbocycles. The number of carbonyl (C=O) groups excluding carboxylic acids is 2. The van der Waals surface area contributed by atoms with Crippen LogP contribution in [0.15, 0.2) is 30.0 Å². The fourth-order valence-electron chi connectivity index (χ4n) is 2.67. The van der Waals surface area contributed by atoms with E-state index in [-0.39, 0.29) is 30.6 Å². The summed E-state index contributed by atoms with van der Waals surface area (Å²) >= 11 is 0. The Balaban J connectivity index is 2.27. The van der Waals surface area contributed by atoms with E-state index in [2.05, 4.69) is 5.43 Å². The molecule has 0 saturated heterocycles. The van der Waals surface area contributed by atoms with Crippen molar-refractivity contribution < 1.29 is 23.5 Å². The van der Waals surface area contributed by atoms with Crippen LogP contribution in [0.5, 0.6) is 0 Å². The summed E-state index contributed by atoms with van der Waals surface area (Å²) in [5.41, 5.74) is 4.43. The molecule has 136 valence electrons. The summed E-state index contributed by atoms with van der Waals surface area (Å²) < 4.78 is 23.3. The van der Waals surface area contributed by atoms with Gasteiger partial charge in [0, 0.05) is 12.2 Å². The van der Waals surface area contributed by atoms with Crippen LogP contribution in [0.25, 0.3) is 0 Å². The Hall–Kier alpha value is -2.57. The van der Waals surface area contributed by atoms with Gasteiger partial charge in [0.15, 0.2) is 5.57 Å².